The summed E-state index contributed by atoms with van der Waals surface area (Å²) in [5, 5.41) is 9.93. The summed E-state index contributed by atoms with van der Waals surface area (Å²) in [6, 6.07) is 13.1. The Morgan fingerprint density at radius 3 is 2.77 bits per heavy atom. The largest absolute Gasteiger partial charge is 0.481 e. The smallest absolute Gasteiger partial charge is 0.338 e. The number of aryl methyl sites for hydroxylation is 1. The molecule has 0 unspecified atom stereocenters. The highest BCUT2D eigenvalue weighted by atomic mass is 16.4. The minimum Gasteiger partial charge on any atom is -0.481 e. The normalized spacial score (nSPS) is 17.0. The second-order valence-electron chi connectivity index (χ2n) is 6.59. The van der Waals surface area contributed by atoms with Crippen molar-refractivity contribution in [1.29, 1.82) is 0 Å². The minimum atomic E-state index is -0.790. The number of anilines is 1. The van der Waals surface area contributed by atoms with Gasteiger partial charge < -0.3 is 14.4 Å². The van der Waals surface area contributed by atoms with Gasteiger partial charge in [0.2, 0.25) is 5.71 Å². The lowest BCUT2D eigenvalue weighted by molar-refractivity contribution is -0.140. The topological polar surface area (TPSA) is 83.6 Å². The molecule has 6 nitrogen and oxygen atoms in total. The lowest BCUT2D eigenvalue weighted by Crippen LogP contribution is -2.23. The van der Waals surface area contributed by atoms with E-state index in [4.69, 9.17) is 9.52 Å². The van der Waals surface area contributed by atoms with Gasteiger partial charge in [-0.05, 0) is 36.6 Å². The van der Waals surface area contributed by atoms with Gasteiger partial charge in [-0.1, -0.05) is 24.3 Å². The summed E-state index contributed by atoms with van der Waals surface area (Å²) < 4.78 is 5.33. The van der Waals surface area contributed by atoms with Crippen molar-refractivity contribution < 1.29 is 14.3 Å². The first-order valence-electron chi connectivity index (χ1n) is 8.51. The van der Waals surface area contributed by atoms with Crippen molar-refractivity contribution in [3.8, 4) is 11.1 Å². The molecule has 4 rings (SSSR count). The average Bonchev–Trinajstić information content (AvgIpc) is 3.11. The molecule has 1 atom stereocenters. The highest BCUT2D eigenvalue weighted by molar-refractivity contribution is 5.93. The number of hydrogen-bond acceptors (Lipinski definition) is 5. The fourth-order valence-corrected chi connectivity index (χ4v) is 3.48. The first-order valence-corrected chi connectivity index (χ1v) is 8.51. The second-order valence-corrected chi connectivity index (χ2v) is 6.59. The van der Waals surface area contributed by atoms with E-state index in [1.807, 2.05) is 48.2 Å². The number of carboxylic acids is 1. The predicted octanol–water partition coefficient (Wildman–Crippen LogP) is 3.07. The first-order chi connectivity index (χ1) is 12.5. The van der Waals surface area contributed by atoms with E-state index in [2.05, 4.69) is 4.98 Å². The summed E-state index contributed by atoms with van der Waals surface area (Å²) in [5.74, 6) is -0.550. The number of nitrogens with zero attached hydrogens (tertiary/aromatic N) is 2. The molecule has 0 spiro atoms. The van der Waals surface area contributed by atoms with E-state index in [-0.39, 0.29) is 5.71 Å². The molecule has 1 fully saturated rings. The van der Waals surface area contributed by atoms with Crippen LogP contribution in [0.2, 0.25) is 0 Å². The Kier molecular flexibility index (Phi) is 3.95. The monoisotopic (exact) mass is 350 g/mol. The zero-order valence-corrected chi connectivity index (χ0v) is 14.3. The Hall–Kier alpha value is -3.15. The van der Waals surface area contributed by atoms with E-state index in [0.29, 0.717) is 25.3 Å². The third-order valence-corrected chi connectivity index (χ3v) is 4.89. The SMILES string of the molecule is Cc1ccccc1-c1cc(=O)oc2nc(N3CC[C@@H](C(=O)O)C3)ccc12. The summed E-state index contributed by atoms with van der Waals surface area (Å²) in [5.41, 5.74) is 2.63. The third-order valence-electron chi connectivity index (χ3n) is 4.89. The van der Waals surface area contributed by atoms with Crippen LogP contribution in [0.25, 0.3) is 22.2 Å². The Labute approximate surface area is 149 Å². The number of carbonyl (C=O) groups is 1. The molecule has 132 valence electrons. The highest BCUT2D eigenvalue weighted by Crippen LogP contribution is 2.31. The van der Waals surface area contributed by atoms with Crippen LogP contribution in [0.15, 0.2) is 51.7 Å². The number of aromatic nitrogens is 1. The zero-order chi connectivity index (χ0) is 18.3. The van der Waals surface area contributed by atoms with Crippen LogP contribution >= 0.6 is 0 Å². The van der Waals surface area contributed by atoms with Gasteiger partial charge in [0.05, 0.1) is 5.92 Å². The molecule has 3 heterocycles. The molecule has 0 bridgehead atoms. The molecular formula is C20H18N2O4. The lowest BCUT2D eigenvalue weighted by atomic mass is 9.99. The summed E-state index contributed by atoms with van der Waals surface area (Å²) in [6.45, 7) is 3.03. The van der Waals surface area contributed by atoms with Crippen LogP contribution < -0.4 is 10.5 Å². The van der Waals surface area contributed by atoms with Gasteiger partial charge in [0, 0.05) is 30.1 Å². The van der Waals surface area contributed by atoms with Gasteiger partial charge in [-0.25, -0.2) is 4.79 Å². The molecular weight excluding hydrogens is 332 g/mol. The number of carboxylic acid groups (broad SMARTS) is 1. The van der Waals surface area contributed by atoms with Crippen molar-refractivity contribution in [2.24, 2.45) is 5.92 Å². The van der Waals surface area contributed by atoms with E-state index in [9.17, 15) is 9.59 Å². The minimum absolute atomic E-state index is 0.270. The maximum atomic E-state index is 12.1. The van der Waals surface area contributed by atoms with Gasteiger partial charge in [0.15, 0.2) is 0 Å². The molecule has 0 amide bonds. The van der Waals surface area contributed by atoms with Crippen LogP contribution in [0, 0.1) is 12.8 Å². The van der Waals surface area contributed by atoms with E-state index < -0.39 is 17.5 Å². The molecule has 1 N–H and O–H groups in total. The Bertz CT molecular complexity index is 1060. The molecule has 1 aromatic carbocycles. The van der Waals surface area contributed by atoms with Crippen LogP contribution in [0.4, 0.5) is 5.82 Å². The Balaban J connectivity index is 1.80. The third kappa shape index (κ3) is 2.83. The van der Waals surface area contributed by atoms with E-state index in [1.54, 1.807) is 0 Å². The summed E-state index contributed by atoms with van der Waals surface area (Å²) in [4.78, 5) is 29.6. The number of hydrogen-bond donors (Lipinski definition) is 1. The molecule has 26 heavy (non-hydrogen) atoms. The predicted molar refractivity (Wildman–Crippen MR) is 98.4 cm³/mol. The average molecular weight is 350 g/mol. The number of fused-ring (bicyclic) bond motifs is 1. The van der Waals surface area contributed by atoms with E-state index >= 15 is 0 Å². The molecule has 1 saturated heterocycles. The first kappa shape index (κ1) is 16.3. The Morgan fingerprint density at radius 1 is 1.23 bits per heavy atom. The molecule has 3 aromatic rings. The number of pyridine rings is 1. The summed E-state index contributed by atoms with van der Waals surface area (Å²) in [6.07, 6.45) is 0.586. The van der Waals surface area contributed by atoms with Gasteiger partial charge in [-0.2, -0.15) is 4.98 Å². The molecule has 2 aromatic heterocycles. The zero-order valence-electron chi connectivity index (χ0n) is 14.3. The van der Waals surface area contributed by atoms with Crippen molar-refractivity contribution in [3.63, 3.8) is 0 Å². The van der Waals surface area contributed by atoms with Crippen LogP contribution in [0.1, 0.15) is 12.0 Å². The fraction of sp³-hybridized carbons (Fsp3) is 0.250. The maximum absolute atomic E-state index is 12.1. The van der Waals surface area contributed by atoms with Crippen LogP contribution in [0.3, 0.4) is 0 Å². The van der Waals surface area contributed by atoms with Gasteiger partial charge >= 0.3 is 11.6 Å². The van der Waals surface area contributed by atoms with Crippen molar-refractivity contribution in [3.05, 3.63) is 58.4 Å². The molecule has 6 heteroatoms. The van der Waals surface area contributed by atoms with Gasteiger partial charge in [0.1, 0.15) is 5.82 Å². The standard InChI is InChI=1S/C20H18N2O4/c1-12-4-2-3-5-14(12)16-10-18(23)26-19-15(16)6-7-17(21-19)22-9-8-13(11-22)20(24)25/h2-7,10,13H,8-9,11H2,1H3,(H,24,25)/t13-/m1/s1. The maximum Gasteiger partial charge on any atom is 0.338 e. The van der Waals surface area contributed by atoms with Gasteiger partial charge in [-0.15, -0.1) is 0 Å². The molecule has 0 radical (unpaired) electrons. The van der Waals surface area contributed by atoms with E-state index in [0.717, 1.165) is 22.1 Å². The molecule has 1 aliphatic heterocycles. The molecule has 0 saturated carbocycles. The number of benzene rings is 1. The van der Waals surface area contributed by atoms with Gasteiger partial charge in [0.25, 0.3) is 0 Å². The summed E-state index contributed by atoms with van der Waals surface area (Å²) in [7, 11) is 0. The quantitative estimate of drug-likeness (QED) is 0.781. The second kappa shape index (κ2) is 6.29. The van der Waals surface area contributed by atoms with E-state index in [1.165, 1.54) is 6.07 Å². The number of aliphatic carboxylic acids is 1. The van der Waals surface area contributed by atoms with Crippen molar-refractivity contribution in [1.82, 2.24) is 4.98 Å². The fourth-order valence-electron chi connectivity index (χ4n) is 3.48. The van der Waals surface area contributed by atoms with Crippen LogP contribution in [0.5, 0.6) is 0 Å². The summed E-state index contributed by atoms with van der Waals surface area (Å²) >= 11 is 0. The van der Waals surface area contributed by atoms with Crippen LogP contribution in [-0.4, -0.2) is 29.1 Å². The van der Waals surface area contributed by atoms with Crippen molar-refractivity contribution in [2.75, 3.05) is 18.0 Å². The van der Waals surface area contributed by atoms with Gasteiger partial charge in [-0.3, -0.25) is 4.79 Å². The van der Waals surface area contributed by atoms with Crippen LogP contribution in [-0.2, 0) is 4.79 Å². The lowest BCUT2D eigenvalue weighted by Gasteiger charge is -2.17. The van der Waals surface area contributed by atoms with Crippen molar-refractivity contribution in [2.45, 2.75) is 13.3 Å². The molecule has 0 aliphatic carbocycles. The number of rotatable bonds is 3. The molecule has 1 aliphatic rings. The van der Waals surface area contributed by atoms with Crippen molar-refractivity contribution >= 4 is 22.9 Å². The Morgan fingerprint density at radius 2 is 2.04 bits per heavy atom. The highest BCUT2D eigenvalue weighted by Gasteiger charge is 2.29.